The first-order valence-electron chi connectivity index (χ1n) is 10.0. The molecule has 1 aromatic rings. The summed E-state index contributed by atoms with van der Waals surface area (Å²) in [5.74, 6) is 1.56. The van der Waals surface area contributed by atoms with Crippen molar-refractivity contribution in [2.24, 2.45) is 0 Å². The predicted octanol–water partition coefficient (Wildman–Crippen LogP) is 2.14. The minimum Gasteiger partial charge on any atom is -0.497 e. The Kier molecular flexibility index (Phi) is 6.98. The number of morpholine rings is 1. The van der Waals surface area contributed by atoms with Crippen molar-refractivity contribution in [3.63, 3.8) is 0 Å². The van der Waals surface area contributed by atoms with Gasteiger partial charge < -0.3 is 24.2 Å². The van der Waals surface area contributed by atoms with E-state index in [-0.39, 0.29) is 5.60 Å². The Hall–Kier alpha value is -1.34. The van der Waals surface area contributed by atoms with Gasteiger partial charge in [0.1, 0.15) is 24.2 Å². The van der Waals surface area contributed by atoms with Crippen LogP contribution in [0.5, 0.6) is 11.5 Å². The summed E-state index contributed by atoms with van der Waals surface area (Å²) in [6.07, 6.45) is 1.97. The van der Waals surface area contributed by atoms with Crippen LogP contribution in [-0.2, 0) is 11.3 Å². The van der Waals surface area contributed by atoms with E-state index in [0.29, 0.717) is 13.2 Å². The Labute approximate surface area is 163 Å². The highest BCUT2D eigenvalue weighted by molar-refractivity contribution is 5.40. The van der Waals surface area contributed by atoms with E-state index in [0.717, 1.165) is 56.4 Å². The lowest BCUT2D eigenvalue weighted by molar-refractivity contribution is -0.0884. The third kappa shape index (κ3) is 6.07. The van der Waals surface area contributed by atoms with Gasteiger partial charge in [0.2, 0.25) is 0 Å². The number of rotatable bonds is 8. The van der Waals surface area contributed by atoms with Crippen molar-refractivity contribution in [3.8, 4) is 11.5 Å². The van der Waals surface area contributed by atoms with Gasteiger partial charge in [-0.1, -0.05) is 6.07 Å². The van der Waals surface area contributed by atoms with Gasteiger partial charge in [0.15, 0.2) is 0 Å². The highest BCUT2D eigenvalue weighted by Gasteiger charge is 2.27. The van der Waals surface area contributed by atoms with Crippen molar-refractivity contribution in [2.45, 2.75) is 44.9 Å². The number of nitrogens with zero attached hydrogens (tertiary/aromatic N) is 2. The largest absolute Gasteiger partial charge is 0.497 e. The van der Waals surface area contributed by atoms with Crippen molar-refractivity contribution in [3.05, 3.63) is 23.8 Å². The smallest absolute Gasteiger partial charge is 0.127 e. The molecule has 27 heavy (non-hydrogen) atoms. The van der Waals surface area contributed by atoms with Gasteiger partial charge in [-0.05, 0) is 45.8 Å². The zero-order chi connectivity index (χ0) is 19.3. The fourth-order valence-electron chi connectivity index (χ4n) is 3.92. The van der Waals surface area contributed by atoms with Crippen LogP contribution in [0.15, 0.2) is 18.2 Å². The number of aliphatic hydroxyl groups excluding tert-OH is 1. The molecule has 0 spiro atoms. The van der Waals surface area contributed by atoms with Gasteiger partial charge in [-0.15, -0.1) is 0 Å². The minimum atomic E-state index is -0.482. The number of benzene rings is 1. The van der Waals surface area contributed by atoms with Crippen molar-refractivity contribution in [2.75, 3.05) is 53.0 Å². The van der Waals surface area contributed by atoms with Gasteiger partial charge >= 0.3 is 0 Å². The van der Waals surface area contributed by atoms with Crippen LogP contribution in [0.2, 0.25) is 0 Å². The first-order chi connectivity index (χ1) is 12.9. The van der Waals surface area contributed by atoms with Crippen molar-refractivity contribution >= 4 is 0 Å². The Morgan fingerprint density at radius 1 is 1.19 bits per heavy atom. The van der Waals surface area contributed by atoms with E-state index in [1.54, 1.807) is 7.11 Å². The molecule has 0 unspecified atom stereocenters. The van der Waals surface area contributed by atoms with Gasteiger partial charge in [-0.2, -0.15) is 0 Å². The van der Waals surface area contributed by atoms with E-state index >= 15 is 0 Å². The molecule has 2 saturated heterocycles. The second kappa shape index (κ2) is 9.24. The molecule has 2 aliphatic heterocycles. The molecule has 0 aromatic heterocycles. The summed E-state index contributed by atoms with van der Waals surface area (Å²) in [6.45, 7) is 10.7. The van der Waals surface area contributed by atoms with Gasteiger partial charge in [0.25, 0.3) is 0 Å². The van der Waals surface area contributed by atoms with Crippen LogP contribution in [0.4, 0.5) is 0 Å². The van der Waals surface area contributed by atoms with E-state index in [2.05, 4.69) is 29.7 Å². The molecule has 0 aliphatic carbocycles. The van der Waals surface area contributed by atoms with Gasteiger partial charge in [-0.25, -0.2) is 0 Å². The summed E-state index contributed by atoms with van der Waals surface area (Å²) < 4.78 is 17.2. The number of hydrogen-bond acceptors (Lipinski definition) is 6. The monoisotopic (exact) mass is 378 g/mol. The Bertz CT molecular complexity index is 602. The molecule has 1 aromatic carbocycles. The summed E-state index contributed by atoms with van der Waals surface area (Å²) in [5.41, 5.74) is 0.986. The molecular formula is C21H34N2O4. The lowest BCUT2D eigenvalue weighted by Crippen LogP contribution is -2.47. The molecule has 2 heterocycles. The van der Waals surface area contributed by atoms with E-state index in [9.17, 15) is 5.11 Å². The molecule has 0 bridgehead atoms. The van der Waals surface area contributed by atoms with Crippen LogP contribution in [0.25, 0.3) is 0 Å². The fraction of sp³-hybridized carbons (Fsp3) is 0.714. The minimum absolute atomic E-state index is 0.127. The van der Waals surface area contributed by atoms with Crippen molar-refractivity contribution < 1.29 is 19.3 Å². The fourth-order valence-corrected chi connectivity index (χ4v) is 3.92. The first-order valence-corrected chi connectivity index (χ1v) is 10.0. The molecule has 1 atom stereocenters. The van der Waals surface area contributed by atoms with Crippen molar-refractivity contribution in [1.29, 1.82) is 0 Å². The van der Waals surface area contributed by atoms with Crippen LogP contribution in [0, 0.1) is 0 Å². The number of ether oxygens (including phenoxy) is 3. The van der Waals surface area contributed by atoms with E-state index in [1.807, 2.05) is 12.1 Å². The summed E-state index contributed by atoms with van der Waals surface area (Å²) in [6, 6.07) is 5.95. The molecule has 0 amide bonds. The molecule has 6 heteroatoms. The first kappa shape index (κ1) is 20.4. The van der Waals surface area contributed by atoms with Crippen molar-refractivity contribution in [1.82, 2.24) is 9.80 Å². The maximum atomic E-state index is 10.4. The third-order valence-corrected chi connectivity index (χ3v) is 5.27. The second-order valence-corrected chi connectivity index (χ2v) is 8.27. The molecule has 0 radical (unpaired) electrons. The number of methoxy groups -OCH3 is 1. The Morgan fingerprint density at radius 3 is 2.67 bits per heavy atom. The van der Waals surface area contributed by atoms with Gasteiger partial charge in [-0.3, -0.25) is 4.90 Å². The number of hydrogen-bond donors (Lipinski definition) is 1. The molecule has 2 aliphatic rings. The SMILES string of the molecule is COc1ccc(CN2CCOC(C)(C)C2)c(OC[C@@H](O)CN2CCCC2)c1. The highest BCUT2D eigenvalue weighted by atomic mass is 16.5. The predicted molar refractivity (Wildman–Crippen MR) is 105 cm³/mol. The summed E-state index contributed by atoms with van der Waals surface area (Å²) in [5, 5.41) is 10.4. The highest BCUT2D eigenvalue weighted by Crippen LogP contribution is 2.28. The number of β-amino-alcohol motifs (C(OH)–C–C–N with tert-alkyl or cyclic N) is 1. The Balaban J connectivity index is 1.61. The summed E-state index contributed by atoms with van der Waals surface area (Å²) in [4.78, 5) is 4.69. The second-order valence-electron chi connectivity index (χ2n) is 8.27. The summed E-state index contributed by atoms with van der Waals surface area (Å²) >= 11 is 0. The van der Waals surface area contributed by atoms with Crippen LogP contribution < -0.4 is 9.47 Å². The standard InChI is InChI=1S/C21H34N2O4/c1-21(2)16-23(10-11-27-21)13-17-6-7-19(25-3)12-20(17)26-15-18(24)14-22-8-4-5-9-22/h6-7,12,18,24H,4-5,8-11,13-16H2,1-3H3/t18-/m0/s1. The normalized spacial score (nSPS) is 21.9. The molecular weight excluding hydrogens is 344 g/mol. The van der Waals surface area contributed by atoms with E-state index < -0.39 is 6.10 Å². The maximum absolute atomic E-state index is 10.4. The number of aliphatic hydroxyl groups is 1. The molecule has 3 rings (SSSR count). The maximum Gasteiger partial charge on any atom is 0.127 e. The molecule has 2 fully saturated rings. The molecule has 6 nitrogen and oxygen atoms in total. The van der Waals surface area contributed by atoms with Gasteiger partial charge in [0.05, 0.1) is 19.3 Å². The summed E-state index contributed by atoms with van der Waals surface area (Å²) in [7, 11) is 1.66. The van der Waals surface area contributed by atoms with Gasteiger partial charge in [0, 0.05) is 37.8 Å². The molecule has 0 saturated carbocycles. The van der Waals surface area contributed by atoms with Crippen LogP contribution >= 0.6 is 0 Å². The third-order valence-electron chi connectivity index (χ3n) is 5.27. The van der Waals surface area contributed by atoms with E-state index in [4.69, 9.17) is 14.2 Å². The number of likely N-dealkylation sites (tertiary alicyclic amines) is 1. The average Bonchev–Trinajstić information content (AvgIpc) is 3.13. The van der Waals surface area contributed by atoms with Crippen LogP contribution in [-0.4, -0.2) is 79.7 Å². The lowest BCUT2D eigenvalue weighted by Gasteiger charge is -2.38. The zero-order valence-electron chi connectivity index (χ0n) is 16.9. The average molecular weight is 379 g/mol. The lowest BCUT2D eigenvalue weighted by atomic mass is 10.1. The quantitative estimate of drug-likeness (QED) is 0.748. The zero-order valence-corrected chi connectivity index (χ0v) is 16.9. The Morgan fingerprint density at radius 2 is 1.96 bits per heavy atom. The van der Waals surface area contributed by atoms with E-state index in [1.165, 1.54) is 12.8 Å². The topological polar surface area (TPSA) is 54.4 Å². The van der Waals surface area contributed by atoms with Crippen LogP contribution in [0.3, 0.4) is 0 Å². The molecule has 1 N–H and O–H groups in total. The van der Waals surface area contributed by atoms with Crippen LogP contribution in [0.1, 0.15) is 32.3 Å². The molecule has 152 valence electrons.